The molecule has 0 saturated carbocycles. The van der Waals surface area contributed by atoms with E-state index in [-0.39, 0.29) is 0 Å². The van der Waals surface area contributed by atoms with Gasteiger partial charge in [-0.1, -0.05) is 6.92 Å². The Labute approximate surface area is 93.0 Å². The normalized spacial score (nSPS) is 11.0. The monoisotopic (exact) mass is 226 g/mol. The Bertz CT molecular complexity index is 341. The van der Waals surface area contributed by atoms with Gasteiger partial charge in [0.15, 0.2) is 0 Å². The van der Waals surface area contributed by atoms with Crippen LogP contribution in [-0.2, 0) is 16.1 Å². The molecule has 4 heteroatoms. The quantitative estimate of drug-likeness (QED) is 0.599. The van der Waals surface area contributed by atoms with E-state index in [2.05, 4.69) is 6.92 Å². The summed E-state index contributed by atoms with van der Waals surface area (Å²) >= 11 is 1.58. The molecule has 0 aromatic carbocycles. The van der Waals surface area contributed by atoms with Crippen molar-refractivity contribution in [3.05, 3.63) is 28.0 Å². The molecule has 0 saturated heterocycles. The van der Waals surface area contributed by atoms with Gasteiger partial charge in [0.25, 0.3) is 0 Å². The van der Waals surface area contributed by atoms with E-state index in [9.17, 15) is 4.79 Å². The van der Waals surface area contributed by atoms with E-state index in [0.29, 0.717) is 6.61 Å². The lowest BCUT2D eigenvalue weighted by molar-refractivity contribution is -0.131. The van der Waals surface area contributed by atoms with Gasteiger partial charge in [0.2, 0.25) is 0 Å². The van der Waals surface area contributed by atoms with E-state index in [0.717, 1.165) is 29.5 Å². The number of ether oxygens (including phenoxy) is 1. The molecular weight excluding hydrogens is 212 g/mol. The number of hydrogen-bond donors (Lipinski definition) is 1. The van der Waals surface area contributed by atoms with Crippen LogP contribution in [-0.4, -0.2) is 17.7 Å². The molecule has 0 fully saturated rings. The fourth-order valence-electron chi connectivity index (χ4n) is 1.09. The van der Waals surface area contributed by atoms with Crippen molar-refractivity contribution in [1.82, 2.24) is 0 Å². The minimum Gasteiger partial charge on any atom is -0.478 e. The molecule has 1 aromatic heterocycles. The first-order chi connectivity index (χ1) is 7.24. The standard InChI is InChI=1S/C11H14O3S/c1-2-6-14-8-10-9(5-7-15-10)3-4-11(12)13/h3-5,7H,2,6,8H2,1H3,(H,12,13). The van der Waals surface area contributed by atoms with Gasteiger partial charge in [-0.2, -0.15) is 0 Å². The zero-order valence-electron chi connectivity index (χ0n) is 8.60. The smallest absolute Gasteiger partial charge is 0.328 e. The largest absolute Gasteiger partial charge is 0.478 e. The highest BCUT2D eigenvalue weighted by Crippen LogP contribution is 2.19. The zero-order valence-corrected chi connectivity index (χ0v) is 9.42. The lowest BCUT2D eigenvalue weighted by Crippen LogP contribution is -1.93. The lowest BCUT2D eigenvalue weighted by atomic mass is 10.2. The first-order valence-electron chi connectivity index (χ1n) is 4.79. The maximum atomic E-state index is 10.4. The molecule has 15 heavy (non-hydrogen) atoms. The van der Waals surface area contributed by atoms with Crippen LogP contribution in [0.1, 0.15) is 23.8 Å². The van der Waals surface area contributed by atoms with Crippen LogP contribution >= 0.6 is 11.3 Å². The van der Waals surface area contributed by atoms with E-state index in [1.165, 1.54) is 0 Å². The Morgan fingerprint density at radius 2 is 2.47 bits per heavy atom. The van der Waals surface area contributed by atoms with Crippen LogP contribution in [0.25, 0.3) is 6.08 Å². The van der Waals surface area contributed by atoms with Crippen LogP contribution in [0.4, 0.5) is 0 Å². The molecule has 1 N–H and O–H groups in total. The summed E-state index contributed by atoms with van der Waals surface area (Å²) in [6, 6.07) is 1.90. The second kappa shape index (κ2) is 6.37. The van der Waals surface area contributed by atoms with Gasteiger partial charge in [-0.15, -0.1) is 11.3 Å². The first kappa shape index (κ1) is 11.9. The Morgan fingerprint density at radius 1 is 1.67 bits per heavy atom. The van der Waals surface area contributed by atoms with Gasteiger partial charge in [0.1, 0.15) is 0 Å². The summed E-state index contributed by atoms with van der Waals surface area (Å²) in [4.78, 5) is 11.4. The molecule has 1 aromatic rings. The van der Waals surface area contributed by atoms with Crippen molar-refractivity contribution in [3.63, 3.8) is 0 Å². The second-order valence-corrected chi connectivity index (χ2v) is 4.02. The fraction of sp³-hybridized carbons (Fsp3) is 0.364. The number of thiophene rings is 1. The third-order valence-electron chi connectivity index (χ3n) is 1.77. The molecular formula is C11H14O3S. The maximum absolute atomic E-state index is 10.4. The van der Waals surface area contributed by atoms with Crippen LogP contribution in [0.5, 0.6) is 0 Å². The molecule has 0 aliphatic carbocycles. The van der Waals surface area contributed by atoms with Gasteiger partial charge < -0.3 is 9.84 Å². The summed E-state index contributed by atoms with van der Waals surface area (Å²) in [5, 5.41) is 10.4. The van der Waals surface area contributed by atoms with Crippen molar-refractivity contribution in [2.24, 2.45) is 0 Å². The summed E-state index contributed by atoms with van der Waals surface area (Å²) in [5.74, 6) is -0.929. The van der Waals surface area contributed by atoms with E-state index in [1.807, 2.05) is 11.4 Å². The van der Waals surface area contributed by atoms with Crippen molar-refractivity contribution < 1.29 is 14.6 Å². The average Bonchev–Trinajstić information content (AvgIpc) is 2.63. The topological polar surface area (TPSA) is 46.5 Å². The molecule has 0 bridgehead atoms. The summed E-state index contributed by atoms with van der Waals surface area (Å²) in [7, 11) is 0. The van der Waals surface area contributed by atoms with Crippen molar-refractivity contribution in [1.29, 1.82) is 0 Å². The van der Waals surface area contributed by atoms with Crippen molar-refractivity contribution in [3.8, 4) is 0 Å². The minimum absolute atomic E-state index is 0.560. The third-order valence-corrected chi connectivity index (χ3v) is 2.68. The second-order valence-electron chi connectivity index (χ2n) is 3.02. The van der Waals surface area contributed by atoms with Crippen molar-refractivity contribution in [2.75, 3.05) is 6.61 Å². The Balaban J connectivity index is 2.57. The van der Waals surface area contributed by atoms with E-state index < -0.39 is 5.97 Å². The van der Waals surface area contributed by atoms with Gasteiger partial charge in [-0.25, -0.2) is 4.79 Å². The number of aliphatic carboxylic acids is 1. The fourth-order valence-corrected chi connectivity index (χ4v) is 1.89. The van der Waals surface area contributed by atoms with Crippen LogP contribution in [0.2, 0.25) is 0 Å². The molecule has 82 valence electrons. The van der Waals surface area contributed by atoms with Gasteiger partial charge in [0, 0.05) is 17.6 Å². The number of rotatable bonds is 6. The minimum atomic E-state index is -0.929. The first-order valence-corrected chi connectivity index (χ1v) is 5.67. The maximum Gasteiger partial charge on any atom is 0.328 e. The van der Waals surface area contributed by atoms with E-state index >= 15 is 0 Å². The summed E-state index contributed by atoms with van der Waals surface area (Å²) in [6.07, 6.45) is 3.74. The van der Waals surface area contributed by atoms with Gasteiger partial charge in [0.05, 0.1) is 6.61 Å². The summed E-state index contributed by atoms with van der Waals surface area (Å²) in [5.41, 5.74) is 0.929. The molecule has 0 radical (unpaired) electrons. The van der Waals surface area contributed by atoms with Crippen molar-refractivity contribution >= 4 is 23.4 Å². The van der Waals surface area contributed by atoms with Gasteiger partial charge >= 0.3 is 5.97 Å². The SMILES string of the molecule is CCCOCc1sccc1C=CC(=O)O. The summed E-state index contributed by atoms with van der Waals surface area (Å²) < 4.78 is 5.40. The number of hydrogen-bond acceptors (Lipinski definition) is 3. The average molecular weight is 226 g/mol. The number of carbonyl (C=O) groups is 1. The Morgan fingerprint density at radius 3 is 3.13 bits per heavy atom. The highest BCUT2D eigenvalue weighted by atomic mass is 32.1. The van der Waals surface area contributed by atoms with Crippen LogP contribution in [0.3, 0.4) is 0 Å². The van der Waals surface area contributed by atoms with Gasteiger partial charge in [-0.05, 0) is 29.5 Å². The van der Waals surface area contributed by atoms with E-state index in [4.69, 9.17) is 9.84 Å². The molecule has 1 heterocycles. The number of carboxylic acid groups (broad SMARTS) is 1. The molecule has 3 nitrogen and oxygen atoms in total. The molecule has 0 spiro atoms. The predicted molar refractivity (Wildman–Crippen MR) is 60.9 cm³/mol. The van der Waals surface area contributed by atoms with Crippen molar-refractivity contribution in [2.45, 2.75) is 20.0 Å². The zero-order chi connectivity index (χ0) is 11.1. The summed E-state index contributed by atoms with van der Waals surface area (Å²) in [6.45, 7) is 3.35. The Hall–Kier alpha value is -1.13. The van der Waals surface area contributed by atoms with Gasteiger partial charge in [-0.3, -0.25) is 0 Å². The molecule has 0 amide bonds. The lowest BCUT2D eigenvalue weighted by Gasteiger charge is -2.00. The third kappa shape index (κ3) is 4.27. The van der Waals surface area contributed by atoms with Crippen LogP contribution in [0, 0.1) is 0 Å². The number of carboxylic acids is 1. The van der Waals surface area contributed by atoms with E-state index in [1.54, 1.807) is 17.4 Å². The van der Waals surface area contributed by atoms with Crippen LogP contribution < -0.4 is 0 Å². The molecule has 0 atom stereocenters. The highest BCUT2D eigenvalue weighted by Gasteiger charge is 2.01. The highest BCUT2D eigenvalue weighted by molar-refractivity contribution is 7.10. The molecule has 0 aliphatic heterocycles. The predicted octanol–water partition coefficient (Wildman–Crippen LogP) is 2.77. The molecule has 0 aliphatic rings. The van der Waals surface area contributed by atoms with Crippen LogP contribution in [0.15, 0.2) is 17.5 Å². The molecule has 1 rings (SSSR count). The molecule has 0 unspecified atom stereocenters. The Kier molecular flexibility index (Phi) is 5.07.